The zero-order valence-electron chi connectivity index (χ0n) is 14.0. The molecule has 24 heavy (non-hydrogen) atoms. The molecule has 0 radical (unpaired) electrons. The molecule has 0 saturated carbocycles. The topological polar surface area (TPSA) is 67.9 Å². The minimum absolute atomic E-state index is 0.140. The van der Waals surface area contributed by atoms with E-state index in [1.807, 2.05) is 13.0 Å². The molecule has 1 aliphatic rings. The second kappa shape index (κ2) is 8.17. The van der Waals surface area contributed by atoms with Crippen molar-refractivity contribution in [2.24, 2.45) is 0 Å². The molecule has 7 heteroatoms. The molecule has 130 valence electrons. The molecule has 1 N–H and O–H groups in total. The third kappa shape index (κ3) is 3.71. The quantitative estimate of drug-likeness (QED) is 0.631. The number of nitrogens with zero attached hydrogens (tertiary/aromatic N) is 1. The molecule has 0 aliphatic carbocycles. The normalized spacial score (nSPS) is 17.8. The average molecular weight is 353 g/mol. The van der Waals surface area contributed by atoms with Crippen molar-refractivity contribution in [1.82, 2.24) is 10.2 Å². The zero-order chi connectivity index (χ0) is 17.7. The van der Waals surface area contributed by atoms with E-state index in [9.17, 15) is 9.59 Å². The highest BCUT2D eigenvalue weighted by atomic mass is 35.5. The summed E-state index contributed by atoms with van der Waals surface area (Å²) < 4.78 is 10.2. The van der Waals surface area contributed by atoms with Crippen LogP contribution in [0.4, 0.5) is 4.79 Å². The third-order valence-electron chi connectivity index (χ3n) is 3.87. The van der Waals surface area contributed by atoms with E-state index in [1.54, 1.807) is 25.1 Å². The first-order valence-corrected chi connectivity index (χ1v) is 8.08. The van der Waals surface area contributed by atoms with E-state index in [0.717, 1.165) is 0 Å². The van der Waals surface area contributed by atoms with Crippen molar-refractivity contribution in [3.63, 3.8) is 0 Å². The monoisotopic (exact) mass is 352 g/mol. The van der Waals surface area contributed by atoms with E-state index in [4.69, 9.17) is 21.1 Å². The molecule has 1 aliphatic heterocycles. The average Bonchev–Trinajstić information content (AvgIpc) is 2.55. The summed E-state index contributed by atoms with van der Waals surface area (Å²) in [4.78, 5) is 26.4. The van der Waals surface area contributed by atoms with Crippen molar-refractivity contribution in [2.75, 3.05) is 26.9 Å². The van der Waals surface area contributed by atoms with E-state index in [1.165, 1.54) is 12.0 Å². The molecular formula is C17H21ClN2O4. The summed E-state index contributed by atoms with van der Waals surface area (Å²) in [7, 11) is 1.53. The molecule has 6 nitrogen and oxygen atoms in total. The minimum atomic E-state index is -0.649. The van der Waals surface area contributed by atoms with E-state index in [0.29, 0.717) is 35.0 Å². The number of allylic oxidation sites excluding steroid dienone is 1. The van der Waals surface area contributed by atoms with Crippen LogP contribution in [-0.4, -0.2) is 43.8 Å². The second-order valence-electron chi connectivity index (χ2n) is 5.28. The largest absolute Gasteiger partial charge is 0.460 e. The lowest BCUT2D eigenvalue weighted by Gasteiger charge is -2.35. The standard InChI is InChI=1S/C17H21ClN2O4/c1-4-20-11(2)14(16(21)24-10-9-23-3)15(19-17(20)22)12-7-5-6-8-13(12)18/h5-8,15H,4,9-10H2,1-3H3,(H,19,22)/t15-/m1/s1. The van der Waals surface area contributed by atoms with Crippen molar-refractivity contribution in [3.05, 3.63) is 46.1 Å². The maximum Gasteiger partial charge on any atom is 0.338 e. The van der Waals surface area contributed by atoms with Gasteiger partial charge in [0.2, 0.25) is 0 Å². The lowest BCUT2D eigenvalue weighted by Crippen LogP contribution is -2.48. The molecule has 1 atom stereocenters. The number of amides is 2. The molecule has 2 rings (SSSR count). The Hall–Kier alpha value is -2.05. The summed E-state index contributed by atoms with van der Waals surface area (Å²) in [6.07, 6.45) is 0. The van der Waals surface area contributed by atoms with Gasteiger partial charge in [0, 0.05) is 24.4 Å². The summed E-state index contributed by atoms with van der Waals surface area (Å²) in [5.74, 6) is -0.493. The Bertz CT molecular complexity index is 660. The summed E-state index contributed by atoms with van der Waals surface area (Å²) in [5.41, 5.74) is 1.59. The van der Waals surface area contributed by atoms with Crippen molar-refractivity contribution in [2.45, 2.75) is 19.9 Å². The predicted molar refractivity (Wildman–Crippen MR) is 90.6 cm³/mol. The number of halogens is 1. The molecular weight excluding hydrogens is 332 g/mol. The molecule has 2 amide bonds. The number of urea groups is 1. The maximum absolute atomic E-state index is 12.6. The molecule has 1 heterocycles. The maximum atomic E-state index is 12.6. The fraction of sp³-hybridized carbons (Fsp3) is 0.412. The van der Waals surface area contributed by atoms with Gasteiger partial charge in [-0.25, -0.2) is 9.59 Å². The van der Waals surface area contributed by atoms with E-state index in [2.05, 4.69) is 5.32 Å². The van der Waals surface area contributed by atoms with Crippen LogP contribution in [-0.2, 0) is 14.3 Å². The Morgan fingerprint density at radius 1 is 1.33 bits per heavy atom. The number of carbonyl (C=O) groups is 2. The Labute approximate surface area is 146 Å². The van der Waals surface area contributed by atoms with Gasteiger partial charge in [-0.3, -0.25) is 4.90 Å². The van der Waals surface area contributed by atoms with Crippen LogP contribution >= 0.6 is 11.6 Å². The summed E-state index contributed by atoms with van der Waals surface area (Å²) in [6, 6.07) is 6.19. The fourth-order valence-electron chi connectivity index (χ4n) is 2.66. The first-order valence-electron chi connectivity index (χ1n) is 7.70. The predicted octanol–water partition coefficient (Wildman–Crippen LogP) is 2.89. The third-order valence-corrected chi connectivity index (χ3v) is 4.21. The van der Waals surface area contributed by atoms with Gasteiger partial charge < -0.3 is 14.8 Å². The van der Waals surface area contributed by atoms with E-state index < -0.39 is 12.0 Å². The van der Waals surface area contributed by atoms with Gasteiger partial charge >= 0.3 is 12.0 Å². The van der Waals surface area contributed by atoms with Crippen molar-refractivity contribution < 1.29 is 19.1 Å². The Morgan fingerprint density at radius 3 is 2.67 bits per heavy atom. The van der Waals surface area contributed by atoms with Gasteiger partial charge in [-0.1, -0.05) is 29.8 Å². The summed E-state index contributed by atoms with van der Waals surface area (Å²) >= 11 is 6.26. The smallest absolute Gasteiger partial charge is 0.338 e. The highest BCUT2D eigenvalue weighted by Crippen LogP contribution is 2.34. The summed E-state index contributed by atoms with van der Waals surface area (Å²) in [6.45, 7) is 4.47. The number of carbonyl (C=O) groups excluding carboxylic acids is 2. The molecule has 1 aromatic rings. The van der Waals surface area contributed by atoms with E-state index >= 15 is 0 Å². The van der Waals surface area contributed by atoms with Crippen LogP contribution in [0, 0.1) is 0 Å². The number of rotatable bonds is 6. The highest BCUT2D eigenvalue weighted by Gasteiger charge is 2.36. The van der Waals surface area contributed by atoms with Crippen molar-refractivity contribution in [1.29, 1.82) is 0 Å². The SMILES string of the molecule is CCN1C(=O)N[C@H](c2ccccc2Cl)C(C(=O)OCCOC)=C1C. The van der Waals surface area contributed by atoms with Crippen LogP contribution in [0.15, 0.2) is 35.5 Å². The molecule has 0 unspecified atom stereocenters. The Kier molecular flexibility index (Phi) is 6.23. The second-order valence-corrected chi connectivity index (χ2v) is 5.68. The molecule has 0 aromatic heterocycles. The highest BCUT2D eigenvalue weighted by molar-refractivity contribution is 6.31. The van der Waals surface area contributed by atoms with Gasteiger partial charge in [0.15, 0.2) is 0 Å². The number of hydrogen-bond acceptors (Lipinski definition) is 4. The molecule has 0 saturated heterocycles. The van der Waals surface area contributed by atoms with Crippen LogP contribution in [0.2, 0.25) is 5.02 Å². The van der Waals surface area contributed by atoms with Crippen LogP contribution in [0.3, 0.4) is 0 Å². The molecule has 0 fully saturated rings. The van der Waals surface area contributed by atoms with Gasteiger partial charge in [0.1, 0.15) is 6.61 Å². The van der Waals surface area contributed by atoms with Crippen LogP contribution < -0.4 is 5.32 Å². The van der Waals surface area contributed by atoms with Gasteiger partial charge in [-0.15, -0.1) is 0 Å². The minimum Gasteiger partial charge on any atom is -0.460 e. The van der Waals surface area contributed by atoms with Crippen LogP contribution in [0.5, 0.6) is 0 Å². The zero-order valence-corrected chi connectivity index (χ0v) is 14.7. The Balaban J connectivity index is 2.44. The number of nitrogens with one attached hydrogen (secondary N) is 1. The molecule has 0 spiro atoms. The van der Waals surface area contributed by atoms with Crippen molar-refractivity contribution >= 4 is 23.6 Å². The van der Waals surface area contributed by atoms with Gasteiger partial charge in [-0.05, 0) is 25.5 Å². The van der Waals surface area contributed by atoms with Crippen molar-refractivity contribution in [3.8, 4) is 0 Å². The van der Waals surface area contributed by atoms with E-state index in [-0.39, 0.29) is 12.6 Å². The first kappa shape index (κ1) is 18.3. The van der Waals surface area contributed by atoms with Crippen LogP contribution in [0.25, 0.3) is 0 Å². The lowest BCUT2D eigenvalue weighted by atomic mass is 9.95. The lowest BCUT2D eigenvalue weighted by molar-refractivity contribution is -0.140. The fourth-order valence-corrected chi connectivity index (χ4v) is 2.91. The van der Waals surface area contributed by atoms with Gasteiger partial charge in [-0.2, -0.15) is 0 Å². The first-order chi connectivity index (χ1) is 11.5. The summed E-state index contributed by atoms with van der Waals surface area (Å²) in [5, 5.41) is 3.31. The number of esters is 1. The Morgan fingerprint density at radius 2 is 2.04 bits per heavy atom. The molecule has 0 bridgehead atoms. The number of methoxy groups -OCH3 is 1. The van der Waals surface area contributed by atoms with Gasteiger partial charge in [0.25, 0.3) is 0 Å². The van der Waals surface area contributed by atoms with Crippen LogP contribution in [0.1, 0.15) is 25.5 Å². The number of hydrogen-bond donors (Lipinski definition) is 1. The number of ether oxygens (including phenoxy) is 2. The number of benzene rings is 1. The molecule has 1 aromatic carbocycles. The van der Waals surface area contributed by atoms with Gasteiger partial charge in [0.05, 0.1) is 18.2 Å².